The summed E-state index contributed by atoms with van der Waals surface area (Å²) in [6.07, 6.45) is 0. The van der Waals surface area contributed by atoms with E-state index < -0.39 is 22.3 Å². The van der Waals surface area contributed by atoms with Crippen LogP contribution in [-0.4, -0.2) is 10.8 Å². The minimum absolute atomic E-state index is 0.255. The van der Waals surface area contributed by atoms with E-state index in [2.05, 4.69) is 5.32 Å². The van der Waals surface area contributed by atoms with Crippen LogP contribution in [0, 0.1) is 22.9 Å². The first-order valence-electron chi connectivity index (χ1n) is 5.75. The summed E-state index contributed by atoms with van der Waals surface area (Å²) in [5.74, 6) is -1.35. The molecule has 0 unspecified atom stereocenters. The third-order valence-electron chi connectivity index (χ3n) is 2.62. The van der Waals surface area contributed by atoms with Crippen molar-refractivity contribution in [3.05, 3.63) is 61.6 Å². The van der Waals surface area contributed by atoms with Crippen molar-refractivity contribution in [1.82, 2.24) is 5.32 Å². The molecule has 104 valence electrons. The lowest BCUT2D eigenvalue weighted by atomic mass is 10.1. The van der Waals surface area contributed by atoms with Crippen molar-refractivity contribution in [2.45, 2.75) is 13.5 Å². The van der Waals surface area contributed by atoms with Crippen LogP contribution in [0.4, 0.5) is 10.1 Å². The quantitative estimate of drug-likeness (QED) is 0.696. The molecular formula is C13H11FN2O3S. The van der Waals surface area contributed by atoms with Gasteiger partial charge in [0, 0.05) is 15.8 Å². The summed E-state index contributed by atoms with van der Waals surface area (Å²) in [4.78, 5) is 24.1. The number of carbonyl (C=O) groups excluding carboxylic acids is 1. The van der Waals surface area contributed by atoms with Crippen molar-refractivity contribution >= 4 is 22.9 Å². The van der Waals surface area contributed by atoms with Gasteiger partial charge in [-0.25, -0.2) is 4.39 Å². The lowest BCUT2D eigenvalue weighted by Gasteiger charge is -2.04. The normalized spacial score (nSPS) is 10.3. The lowest BCUT2D eigenvalue weighted by Crippen LogP contribution is -2.23. The van der Waals surface area contributed by atoms with Crippen molar-refractivity contribution in [3.63, 3.8) is 0 Å². The first-order chi connectivity index (χ1) is 9.47. The highest BCUT2D eigenvalue weighted by molar-refractivity contribution is 7.11. The van der Waals surface area contributed by atoms with Crippen molar-refractivity contribution in [1.29, 1.82) is 0 Å². The maximum Gasteiger partial charge on any atom is 0.282 e. The fourth-order valence-electron chi connectivity index (χ4n) is 1.69. The highest BCUT2D eigenvalue weighted by Crippen LogP contribution is 2.20. The number of thiophene rings is 1. The van der Waals surface area contributed by atoms with Gasteiger partial charge in [-0.1, -0.05) is 0 Å². The molecule has 0 radical (unpaired) electrons. The lowest BCUT2D eigenvalue weighted by molar-refractivity contribution is -0.385. The molecule has 0 aliphatic heterocycles. The summed E-state index contributed by atoms with van der Waals surface area (Å²) in [7, 11) is 0. The first-order valence-corrected chi connectivity index (χ1v) is 6.56. The molecule has 7 heteroatoms. The SMILES string of the molecule is Cc1ccc(CNC(=O)c2cc(F)ccc2[N+](=O)[O-])s1. The van der Waals surface area contributed by atoms with Crippen LogP contribution in [-0.2, 0) is 6.54 Å². The Morgan fingerprint density at radius 2 is 2.15 bits per heavy atom. The molecule has 0 fully saturated rings. The minimum Gasteiger partial charge on any atom is -0.347 e. The second-order valence-electron chi connectivity index (χ2n) is 4.11. The molecule has 2 aromatic rings. The average molecular weight is 294 g/mol. The molecule has 0 saturated heterocycles. The van der Waals surface area contributed by atoms with Crippen LogP contribution < -0.4 is 5.32 Å². The molecule has 2 rings (SSSR count). The maximum atomic E-state index is 13.1. The number of amides is 1. The summed E-state index contributed by atoms with van der Waals surface area (Å²) in [6, 6.07) is 6.58. The van der Waals surface area contributed by atoms with Crippen LogP contribution in [0.3, 0.4) is 0 Å². The molecule has 5 nitrogen and oxygen atoms in total. The second kappa shape index (κ2) is 5.79. The summed E-state index contributed by atoms with van der Waals surface area (Å²) in [5, 5.41) is 13.4. The van der Waals surface area contributed by atoms with Crippen molar-refractivity contribution in [2.24, 2.45) is 0 Å². The molecule has 1 aromatic carbocycles. The number of rotatable bonds is 4. The number of nitrogens with zero attached hydrogens (tertiary/aromatic N) is 1. The molecule has 1 aromatic heterocycles. The summed E-state index contributed by atoms with van der Waals surface area (Å²) < 4.78 is 13.1. The number of benzene rings is 1. The Balaban J connectivity index is 2.16. The summed E-state index contributed by atoms with van der Waals surface area (Å²) >= 11 is 1.52. The topological polar surface area (TPSA) is 72.2 Å². The average Bonchev–Trinajstić information content (AvgIpc) is 2.81. The van der Waals surface area contributed by atoms with Gasteiger partial charge in [0.15, 0.2) is 0 Å². The molecule has 0 aliphatic rings. The standard InChI is InChI=1S/C13H11FN2O3S/c1-8-2-4-10(20-8)7-15-13(17)11-6-9(14)3-5-12(11)16(18)19/h2-6H,7H2,1H3,(H,15,17). The van der Waals surface area contributed by atoms with Crippen LogP contribution in [0.1, 0.15) is 20.1 Å². The zero-order chi connectivity index (χ0) is 14.7. The zero-order valence-corrected chi connectivity index (χ0v) is 11.4. The Labute approximate surface area is 118 Å². The van der Waals surface area contributed by atoms with Crippen LogP contribution in [0.25, 0.3) is 0 Å². The Kier molecular flexibility index (Phi) is 4.09. The Morgan fingerprint density at radius 1 is 1.40 bits per heavy atom. The van der Waals surface area contributed by atoms with Gasteiger partial charge in [-0.3, -0.25) is 14.9 Å². The van der Waals surface area contributed by atoms with Gasteiger partial charge in [-0.05, 0) is 31.2 Å². The number of nitro groups is 1. The third kappa shape index (κ3) is 3.18. The van der Waals surface area contributed by atoms with Gasteiger partial charge in [-0.15, -0.1) is 11.3 Å². The van der Waals surface area contributed by atoms with Crippen LogP contribution in [0.15, 0.2) is 30.3 Å². The molecule has 1 heterocycles. The number of halogens is 1. The van der Waals surface area contributed by atoms with Gasteiger partial charge in [0.25, 0.3) is 11.6 Å². The van der Waals surface area contributed by atoms with Crippen molar-refractivity contribution < 1.29 is 14.1 Å². The van der Waals surface area contributed by atoms with E-state index in [1.165, 1.54) is 11.3 Å². The minimum atomic E-state index is -0.705. The largest absolute Gasteiger partial charge is 0.347 e. The number of nitro benzene ring substituents is 1. The Bertz CT molecular complexity index is 669. The van der Waals surface area contributed by atoms with Gasteiger partial charge in [0.2, 0.25) is 0 Å². The Morgan fingerprint density at radius 3 is 2.75 bits per heavy atom. The third-order valence-corrected chi connectivity index (χ3v) is 3.62. The fraction of sp³-hybridized carbons (Fsp3) is 0.154. The Hall–Kier alpha value is -2.28. The van der Waals surface area contributed by atoms with E-state index >= 15 is 0 Å². The van der Waals surface area contributed by atoms with E-state index in [1.807, 2.05) is 19.1 Å². The van der Waals surface area contributed by atoms with E-state index in [9.17, 15) is 19.3 Å². The second-order valence-corrected chi connectivity index (χ2v) is 5.49. The molecule has 0 spiro atoms. The predicted octanol–water partition coefficient (Wildman–Crippen LogP) is 3.03. The van der Waals surface area contributed by atoms with Gasteiger partial charge in [0.1, 0.15) is 11.4 Å². The van der Waals surface area contributed by atoms with Crippen LogP contribution in [0.2, 0.25) is 0 Å². The summed E-state index contributed by atoms with van der Waals surface area (Å²) in [6.45, 7) is 2.19. The fourth-order valence-corrected chi connectivity index (χ4v) is 2.52. The molecule has 1 N–H and O–H groups in total. The molecular weight excluding hydrogens is 283 g/mol. The molecule has 0 bridgehead atoms. The molecule has 20 heavy (non-hydrogen) atoms. The van der Waals surface area contributed by atoms with Gasteiger partial charge < -0.3 is 5.32 Å². The monoisotopic (exact) mass is 294 g/mol. The molecule has 0 aliphatic carbocycles. The molecule has 1 amide bonds. The number of aryl methyl sites for hydroxylation is 1. The highest BCUT2D eigenvalue weighted by atomic mass is 32.1. The van der Waals surface area contributed by atoms with E-state index in [-0.39, 0.29) is 12.1 Å². The van der Waals surface area contributed by atoms with Crippen molar-refractivity contribution in [3.8, 4) is 0 Å². The van der Waals surface area contributed by atoms with Gasteiger partial charge in [0.05, 0.1) is 11.5 Å². The molecule has 0 atom stereocenters. The first kappa shape index (κ1) is 14.1. The smallest absolute Gasteiger partial charge is 0.282 e. The van der Waals surface area contributed by atoms with Crippen LogP contribution >= 0.6 is 11.3 Å². The van der Waals surface area contributed by atoms with Gasteiger partial charge >= 0.3 is 0 Å². The van der Waals surface area contributed by atoms with E-state index in [0.29, 0.717) is 0 Å². The summed E-state index contributed by atoms with van der Waals surface area (Å²) in [5.41, 5.74) is -0.686. The maximum absolute atomic E-state index is 13.1. The highest BCUT2D eigenvalue weighted by Gasteiger charge is 2.20. The molecule has 0 saturated carbocycles. The number of hydrogen-bond acceptors (Lipinski definition) is 4. The van der Waals surface area contributed by atoms with Crippen molar-refractivity contribution in [2.75, 3.05) is 0 Å². The van der Waals surface area contributed by atoms with E-state index in [1.54, 1.807) is 0 Å². The zero-order valence-electron chi connectivity index (χ0n) is 10.6. The predicted molar refractivity (Wildman–Crippen MR) is 73.3 cm³/mol. The number of carbonyl (C=O) groups is 1. The number of hydrogen-bond donors (Lipinski definition) is 1. The van der Waals surface area contributed by atoms with E-state index in [0.717, 1.165) is 28.0 Å². The van der Waals surface area contributed by atoms with E-state index in [4.69, 9.17) is 0 Å². The van der Waals surface area contributed by atoms with Crippen LogP contribution in [0.5, 0.6) is 0 Å². The number of nitrogens with one attached hydrogen (secondary N) is 1. The van der Waals surface area contributed by atoms with Gasteiger partial charge in [-0.2, -0.15) is 0 Å².